The van der Waals surface area contributed by atoms with Crippen LogP contribution in [0.15, 0.2) is 18.2 Å². The molecule has 0 aliphatic heterocycles. The summed E-state index contributed by atoms with van der Waals surface area (Å²) in [6.45, 7) is 0. The summed E-state index contributed by atoms with van der Waals surface area (Å²) in [5.41, 5.74) is 5.74. The molecule has 1 nitrogen and oxygen atoms in total. The van der Waals surface area contributed by atoms with Crippen molar-refractivity contribution in [2.24, 2.45) is 0 Å². The molecule has 1 rings (SSSR count). The van der Waals surface area contributed by atoms with Crippen molar-refractivity contribution >= 4 is 20.2 Å². The summed E-state index contributed by atoms with van der Waals surface area (Å²) in [6, 6.07) is 4.57. The Hall–Kier alpha value is -0.620. The molecule has 0 bridgehead atoms. The van der Waals surface area contributed by atoms with Crippen LogP contribution in [0.5, 0.6) is 0 Å². The van der Waals surface area contributed by atoms with Crippen molar-refractivity contribution in [2.45, 2.75) is 0 Å². The first-order valence-electron chi connectivity index (χ1n) is 2.50. The van der Waals surface area contributed by atoms with Gasteiger partial charge in [-0.05, 0) is 12.1 Å². The molecule has 0 amide bonds. The third kappa shape index (κ3) is 1.39. The van der Waals surface area contributed by atoms with Crippen LogP contribution in [0.3, 0.4) is 0 Å². The third-order valence-electron chi connectivity index (χ3n) is 1.02. The maximum absolute atomic E-state index is 12.5. The lowest BCUT2D eigenvalue weighted by atomic mass is 10.3. The highest BCUT2D eigenvalue weighted by molar-refractivity contribution is 7.27. The predicted octanol–water partition coefficient (Wildman–Crippen LogP) is 0.908. The number of halogens is 1. The summed E-state index contributed by atoms with van der Waals surface area (Å²) >= 11 is 0. The molecule has 1 atom stereocenters. The van der Waals surface area contributed by atoms with Crippen LogP contribution in [-0.4, -0.2) is 0 Å². The Morgan fingerprint density at radius 3 is 2.56 bits per heavy atom. The molecular weight excluding hydrogens is 136 g/mol. The van der Waals surface area contributed by atoms with Gasteiger partial charge in [-0.2, -0.15) is 0 Å². The molecule has 3 heteroatoms. The van der Waals surface area contributed by atoms with Gasteiger partial charge in [-0.15, -0.1) is 9.24 Å². The molecule has 0 saturated heterocycles. The Morgan fingerprint density at radius 2 is 2.11 bits per heavy atom. The van der Waals surface area contributed by atoms with Crippen molar-refractivity contribution in [1.82, 2.24) is 0 Å². The summed E-state index contributed by atoms with van der Waals surface area (Å²) in [7, 11) is 2.28. The molecule has 2 N–H and O–H groups in total. The van der Waals surface area contributed by atoms with Gasteiger partial charge in [-0.25, -0.2) is 4.39 Å². The van der Waals surface area contributed by atoms with E-state index < -0.39 is 0 Å². The molecule has 0 fully saturated rings. The van der Waals surface area contributed by atoms with Gasteiger partial charge in [0.25, 0.3) is 0 Å². The average molecular weight is 143 g/mol. The largest absolute Gasteiger partial charge is 0.399 e. The Morgan fingerprint density at radius 1 is 1.44 bits per heavy atom. The van der Waals surface area contributed by atoms with Crippen LogP contribution in [0.2, 0.25) is 0 Å². The molecule has 9 heavy (non-hydrogen) atoms. The molecule has 48 valence electrons. The zero-order valence-electron chi connectivity index (χ0n) is 4.76. The van der Waals surface area contributed by atoms with Crippen molar-refractivity contribution in [3.05, 3.63) is 24.0 Å². The average Bonchev–Trinajstić information content (AvgIpc) is 1.80. The molecular formula is C6H7FNP. The normalized spacial score (nSPS) is 9.56. The van der Waals surface area contributed by atoms with E-state index in [4.69, 9.17) is 5.73 Å². The predicted molar refractivity (Wildman–Crippen MR) is 40.2 cm³/mol. The van der Waals surface area contributed by atoms with Crippen LogP contribution >= 0.6 is 9.24 Å². The van der Waals surface area contributed by atoms with Gasteiger partial charge in [0.1, 0.15) is 5.82 Å². The monoisotopic (exact) mass is 143 g/mol. The van der Waals surface area contributed by atoms with Crippen molar-refractivity contribution in [2.75, 3.05) is 5.73 Å². The van der Waals surface area contributed by atoms with Crippen LogP contribution in [0, 0.1) is 5.82 Å². The first-order chi connectivity index (χ1) is 4.20. The maximum atomic E-state index is 12.5. The van der Waals surface area contributed by atoms with E-state index >= 15 is 0 Å². The second kappa shape index (κ2) is 2.32. The minimum absolute atomic E-state index is 0.278. The molecule has 0 aliphatic carbocycles. The summed E-state index contributed by atoms with van der Waals surface area (Å²) in [5.74, 6) is -0.278. The summed E-state index contributed by atoms with van der Waals surface area (Å²) in [5, 5.41) is 0.546. The van der Waals surface area contributed by atoms with Crippen LogP contribution in [0.25, 0.3) is 0 Å². The Kier molecular flexibility index (Phi) is 1.68. The molecule has 0 heterocycles. The standard InChI is InChI=1S/C6H7FNP/c7-5-3-4(8)1-2-6(5)9/h1-3H,8-9H2. The fraction of sp³-hybridized carbons (Fsp3) is 0. The summed E-state index contributed by atoms with van der Waals surface area (Å²) in [4.78, 5) is 0. The van der Waals surface area contributed by atoms with E-state index in [2.05, 4.69) is 9.24 Å². The van der Waals surface area contributed by atoms with E-state index in [1.165, 1.54) is 6.07 Å². The fourth-order valence-corrected chi connectivity index (χ4v) is 0.723. The van der Waals surface area contributed by atoms with Gasteiger partial charge in [0.15, 0.2) is 0 Å². The maximum Gasteiger partial charge on any atom is 0.132 e. The molecule has 1 aromatic carbocycles. The molecule has 0 aromatic heterocycles. The second-order valence-corrected chi connectivity index (χ2v) is 2.40. The topological polar surface area (TPSA) is 26.0 Å². The minimum atomic E-state index is -0.278. The Balaban J connectivity index is 3.17. The van der Waals surface area contributed by atoms with Gasteiger partial charge in [0.2, 0.25) is 0 Å². The van der Waals surface area contributed by atoms with E-state index in [9.17, 15) is 4.39 Å². The van der Waals surface area contributed by atoms with E-state index in [0.29, 0.717) is 11.0 Å². The van der Waals surface area contributed by atoms with Crippen LogP contribution in [0.4, 0.5) is 10.1 Å². The van der Waals surface area contributed by atoms with Gasteiger partial charge in [-0.1, -0.05) is 6.07 Å². The fourth-order valence-electron chi connectivity index (χ4n) is 0.543. The number of hydrogen-bond donors (Lipinski definition) is 1. The lowest BCUT2D eigenvalue weighted by molar-refractivity contribution is 0.637. The molecule has 1 unspecified atom stereocenters. The lowest BCUT2D eigenvalue weighted by Gasteiger charge is -1.94. The number of nitrogens with two attached hydrogens (primary N) is 1. The van der Waals surface area contributed by atoms with E-state index in [-0.39, 0.29) is 5.82 Å². The summed E-state index contributed by atoms with van der Waals surface area (Å²) in [6.07, 6.45) is 0. The number of anilines is 1. The van der Waals surface area contributed by atoms with Gasteiger partial charge in [0, 0.05) is 11.0 Å². The van der Waals surface area contributed by atoms with E-state index in [1.54, 1.807) is 12.1 Å². The number of benzene rings is 1. The van der Waals surface area contributed by atoms with Gasteiger partial charge in [0.05, 0.1) is 0 Å². The first kappa shape index (κ1) is 6.50. The highest BCUT2D eigenvalue weighted by Crippen LogP contribution is 2.04. The minimum Gasteiger partial charge on any atom is -0.399 e. The smallest absolute Gasteiger partial charge is 0.132 e. The molecule has 0 aliphatic rings. The Bertz CT molecular complexity index is 224. The Labute approximate surface area is 55.3 Å². The van der Waals surface area contributed by atoms with Gasteiger partial charge in [-0.3, -0.25) is 0 Å². The highest BCUT2D eigenvalue weighted by atomic mass is 31.0. The van der Waals surface area contributed by atoms with E-state index in [1.807, 2.05) is 0 Å². The SMILES string of the molecule is Nc1ccc(P)c(F)c1. The zero-order chi connectivity index (χ0) is 6.85. The molecule has 0 saturated carbocycles. The first-order valence-corrected chi connectivity index (χ1v) is 3.08. The van der Waals surface area contributed by atoms with Crippen molar-refractivity contribution in [3.63, 3.8) is 0 Å². The van der Waals surface area contributed by atoms with Gasteiger partial charge < -0.3 is 5.73 Å². The second-order valence-electron chi connectivity index (χ2n) is 1.78. The van der Waals surface area contributed by atoms with Crippen molar-refractivity contribution < 1.29 is 4.39 Å². The summed E-state index contributed by atoms with van der Waals surface area (Å²) < 4.78 is 12.5. The molecule has 1 aromatic rings. The quantitative estimate of drug-likeness (QED) is 0.424. The number of rotatable bonds is 0. The van der Waals surface area contributed by atoms with E-state index in [0.717, 1.165) is 0 Å². The van der Waals surface area contributed by atoms with Gasteiger partial charge >= 0.3 is 0 Å². The number of hydrogen-bond acceptors (Lipinski definition) is 1. The highest BCUT2D eigenvalue weighted by Gasteiger charge is 1.93. The molecule has 0 radical (unpaired) electrons. The van der Waals surface area contributed by atoms with Crippen LogP contribution < -0.4 is 11.0 Å². The lowest BCUT2D eigenvalue weighted by Crippen LogP contribution is -1.98. The third-order valence-corrected chi connectivity index (χ3v) is 1.49. The van der Waals surface area contributed by atoms with Crippen LogP contribution in [0.1, 0.15) is 0 Å². The molecule has 0 spiro atoms. The van der Waals surface area contributed by atoms with Crippen molar-refractivity contribution in [1.29, 1.82) is 0 Å². The van der Waals surface area contributed by atoms with Crippen molar-refractivity contribution in [3.8, 4) is 0 Å². The van der Waals surface area contributed by atoms with Crippen LogP contribution in [-0.2, 0) is 0 Å². The zero-order valence-corrected chi connectivity index (χ0v) is 5.92. The number of nitrogen functional groups attached to an aromatic ring is 1.